The van der Waals surface area contributed by atoms with Crippen LogP contribution < -0.4 is 0 Å². The Morgan fingerprint density at radius 1 is 1.19 bits per heavy atom. The van der Waals surface area contributed by atoms with E-state index in [9.17, 15) is 4.79 Å². The van der Waals surface area contributed by atoms with Crippen molar-refractivity contribution in [3.05, 3.63) is 59.9 Å². The normalized spacial score (nSPS) is 12.3. The molecule has 0 fully saturated rings. The Labute approximate surface area is 125 Å². The second-order valence-corrected chi connectivity index (χ2v) is 4.87. The topological polar surface area (TPSA) is 39.2 Å². The molecule has 2 rings (SSSR count). The van der Waals surface area contributed by atoms with Crippen LogP contribution in [0, 0.1) is 0 Å². The molecule has 3 nitrogen and oxygen atoms in total. The van der Waals surface area contributed by atoms with Crippen LogP contribution in [0.3, 0.4) is 0 Å². The summed E-state index contributed by atoms with van der Waals surface area (Å²) in [7, 11) is 1.41. The number of carbonyl (C=O) groups is 1. The molecule has 1 aromatic carbocycles. The Kier molecular flexibility index (Phi) is 4.88. The predicted octanol–water partition coefficient (Wildman–Crippen LogP) is 4.06. The lowest BCUT2D eigenvalue weighted by atomic mass is 9.98. The number of benzene rings is 1. The van der Waals surface area contributed by atoms with Gasteiger partial charge in [-0.25, -0.2) is 0 Å². The minimum Gasteiger partial charge on any atom is -0.469 e. The standard InChI is InChI=1S/C18H19NO2/c1-4-5-14-10-17(12-19-11-14)16-8-6-15(7-9-16)13(2)18(20)21-3/h4-13H,1-3H3. The van der Waals surface area contributed by atoms with Crippen molar-refractivity contribution in [3.8, 4) is 11.1 Å². The number of ether oxygens (including phenoxy) is 1. The van der Waals surface area contributed by atoms with E-state index >= 15 is 0 Å². The largest absolute Gasteiger partial charge is 0.469 e. The lowest BCUT2D eigenvalue weighted by Crippen LogP contribution is -2.10. The quantitative estimate of drug-likeness (QED) is 0.793. The maximum atomic E-state index is 11.5. The maximum absolute atomic E-state index is 11.5. The van der Waals surface area contributed by atoms with E-state index in [-0.39, 0.29) is 11.9 Å². The maximum Gasteiger partial charge on any atom is 0.312 e. The Balaban J connectivity index is 2.26. The first-order valence-corrected chi connectivity index (χ1v) is 6.91. The number of rotatable bonds is 4. The van der Waals surface area contributed by atoms with Gasteiger partial charge in [-0.05, 0) is 36.6 Å². The van der Waals surface area contributed by atoms with Crippen molar-refractivity contribution in [1.82, 2.24) is 4.98 Å². The second kappa shape index (κ2) is 6.84. The van der Waals surface area contributed by atoms with Gasteiger partial charge in [-0.15, -0.1) is 0 Å². The predicted molar refractivity (Wildman–Crippen MR) is 84.8 cm³/mol. The molecule has 1 heterocycles. The third kappa shape index (κ3) is 3.57. The Bertz CT molecular complexity index is 645. The zero-order valence-electron chi connectivity index (χ0n) is 12.5. The van der Waals surface area contributed by atoms with Crippen LogP contribution in [0.5, 0.6) is 0 Å². The molecule has 0 aliphatic heterocycles. The Hall–Kier alpha value is -2.42. The van der Waals surface area contributed by atoms with Crippen LogP contribution in [0.25, 0.3) is 17.2 Å². The summed E-state index contributed by atoms with van der Waals surface area (Å²) in [5, 5.41) is 0. The van der Waals surface area contributed by atoms with E-state index in [1.165, 1.54) is 7.11 Å². The smallest absolute Gasteiger partial charge is 0.312 e. The van der Waals surface area contributed by atoms with E-state index in [1.807, 2.05) is 62.7 Å². The summed E-state index contributed by atoms with van der Waals surface area (Å²) in [5.74, 6) is -0.476. The number of methoxy groups -OCH3 is 1. The highest BCUT2D eigenvalue weighted by molar-refractivity contribution is 5.78. The molecule has 0 aliphatic rings. The molecule has 0 amide bonds. The Morgan fingerprint density at radius 2 is 1.90 bits per heavy atom. The second-order valence-electron chi connectivity index (χ2n) is 4.87. The van der Waals surface area contributed by atoms with Gasteiger partial charge in [-0.1, -0.05) is 36.4 Å². The highest BCUT2D eigenvalue weighted by atomic mass is 16.5. The average Bonchev–Trinajstić information content (AvgIpc) is 2.54. The number of carbonyl (C=O) groups excluding carboxylic acids is 1. The summed E-state index contributed by atoms with van der Waals surface area (Å²) < 4.78 is 4.77. The molecule has 2 aromatic rings. The fraction of sp³-hybridized carbons (Fsp3) is 0.222. The van der Waals surface area contributed by atoms with Gasteiger partial charge in [-0.2, -0.15) is 0 Å². The molecule has 0 aliphatic carbocycles. The van der Waals surface area contributed by atoms with Crippen LogP contribution in [-0.2, 0) is 9.53 Å². The molecular formula is C18H19NO2. The number of nitrogens with zero attached hydrogens (tertiary/aromatic N) is 1. The van der Waals surface area contributed by atoms with E-state index in [0.29, 0.717) is 0 Å². The molecule has 0 saturated heterocycles. The number of hydrogen-bond donors (Lipinski definition) is 0. The van der Waals surface area contributed by atoms with Gasteiger partial charge in [0.25, 0.3) is 0 Å². The van der Waals surface area contributed by atoms with Crippen molar-refractivity contribution in [1.29, 1.82) is 0 Å². The molecule has 3 heteroatoms. The van der Waals surface area contributed by atoms with Crippen molar-refractivity contribution < 1.29 is 9.53 Å². The van der Waals surface area contributed by atoms with Crippen molar-refractivity contribution >= 4 is 12.0 Å². The fourth-order valence-electron chi connectivity index (χ4n) is 2.18. The molecule has 108 valence electrons. The number of allylic oxidation sites excluding steroid dienone is 1. The minimum atomic E-state index is -0.253. The van der Waals surface area contributed by atoms with E-state index in [4.69, 9.17) is 4.74 Å². The van der Waals surface area contributed by atoms with Crippen LogP contribution in [0.4, 0.5) is 0 Å². The summed E-state index contributed by atoms with van der Waals surface area (Å²) >= 11 is 0. The Morgan fingerprint density at radius 3 is 2.52 bits per heavy atom. The van der Waals surface area contributed by atoms with Crippen LogP contribution in [0.2, 0.25) is 0 Å². The van der Waals surface area contributed by atoms with Crippen molar-refractivity contribution in [2.24, 2.45) is 0 Å². The van der Waals surface area contributed by atoms with Gasteiger partial charge in [0.1, 0.15) is 0 Å². The molecule has 0 bridgehead atoms. The third-order valence-electron chi connectivity index (χ3n) is 3.42. The van der Waals surface area contributed by atoms with Crippen molar-refractivity contribution in [3.63, 3.8) is 0 Å². The first-order valence-electron chi connectivity index (χ1n) is 6.91. The van der Waals surface area contributed by atoms with Crippen molar-refractivity contribution in [2.75, 3.05) is 7.11 Å². The molecule has 0 N–H and O–H groups in total. The van der Waals surface area contributed by atoms with E-state index in [1.54, 1.807) is 0 Å². The average molecular weight is 281 g/mol. The summed E-state index contributed by atoms with van der Waals surface area (Å²) in [6.07, 6.45) is 7.68. The van der Waals surface area contributed by atoms with Gasteiger partial charge in [0, 0.05) is 18.0 Å². The van der Waals surface area contributed by atoms with Gasteiger partial charge in [0.2, 0.25) is 0 Å². The SMILES string of the molecule is CC=Cc1cncc(-c2ccc(C(C)C(=O)OC)cc2)c1. The lowest BCUT2D eigenvalue weighted by molar-refractivity contribution is -0.141. The lowest BCUT2D eigenvalue weighted by Gasteiger charge is -2.10. The monoisotopic (exact) mass is 281 g/mol. The number of hydrogen-bond acceptors (Lipinski definition) is 3. The van der Waals surface area contributed by atoms with Gasteiger partial charge in [0.05, 0.1) is 13.0 Å². The van der Waals surface area contributed by atoms with Gasteiger partial charge in [-0.3, -0.25) is 9.78 Å². The zero-order valence-corrected chi connectivity index (χ0v) is 12.5. The molecule has 0 saturated carbocycles. The molecule has 1 aromatic heterocycles. The van der Waals surface area contributed by atoms with E-state index in [0.717, 1.165) is 22.3 Å². The molecule has 1 unspecified atom stereocenters. The van der Waals surface area contributed by atoms with Crippen LogP contribution in [-0.4, -0.2) is 18.1 Å². The van der Waals surface area contributed by atoms with Crippen LogP contribution in [0.1, 0.15) is 30.9 Å². The zero-order chi connectivity index (χ0) is 15.2. The molecule has 0 radical (unpaired) electrons. The first kappa shape index (κ1) is 15.0. The van der Waals surface area contributed by atoms with Crippen LogP contribution in [0.15, 0.2) is 48.8 Å². The first-order chi connectivity index (χ1) is 10.2. The molecule has 0 spiro atoms. The fourth-order valence-corrected chi connectivity index (χ4v) is 2.18. The summed E-state index contributed by atoms with van der Waals surface area (Å²) in [6.45, 7) is 3.82. The molecular weight excluding hydrogens is 262 g/mol. The van der Waals surface area contributed by atoms with Crippen molar-refractivity contribution in [2.45, 2.75) is 19.8 Å². The van der Waals surface area contributed by atoms with Gasteiger partial charge >= 0.3 is 5.97 Å². The summed E-state index contributed by atoms with van der Waals surface area (Å²) in [4.78, 5) is 15.8. The number of aromatic nitrogens is 1. The summed E-state index contributed by atoms with van der Waals surface area (Å²) in [6, 6.07) is 10.0. The van der Waals surface area contributed by atoms with Gasteiger partial charge in [0.15, 0.2) is 0 Å². The van der Waals surface area contributed by atoms with E-state index < -0.39 is 0 Å². The van der Waals surface area contributed by atoms with E-state index in [2.05, 4.69) is 11.1 Å². The molecule has 21 heavy (non-hydrogen) atoms. The minimum absolute atomic E-state index is 0.223. The highest BCUT2D eigenvalue weighted by Crippen LogP contribution is 2.23. The number of esters is 1. The summed E-state index contributed by atoms with van der Waals surface area (Å²) in [5.41, 5.74) is 4.16. The van der Waals surface area contributed by atoms with Gasteiger partial charge < -0.3 is 4.74 Å². The third-order valence-corrected chi connectivity index (χ3v) is 3.42. The van der Waals surface area contributed by atoms with Crippen LogP contribution >= 0.6 is 0 Å². The molecule has 1 atom stereocenters. The number of pyridine rings is 1. The highest BCUT2D eigenvalue weighted by Gasteiger charge is 2.15.